The van der Waals surface area contributed by atoms with Crippen LogP contribution < -0.4 is 11.1 Å². The summed E-state index contributed by atoms with van der Waals surface area (Å²) in [5.41, 5.74) is 5.79. The van der Waals surface area contributed by atoms with E-state index in [2.05, 4.69) is 19.2 Å². The Bertz CT molecular complexity index is 215. The van der Waals surface area contributed by atoms with Crippen LogP contribution in [0.2, 0.25) is 0 Å². The molecule has 4 heteroatoms. The maximum absolute atomic E-state index is 11.7. The molecule has 17 heavy (non-hydrogen) atoms. The lowest BCUT2D eigenvalue weighted by molar-refractivity contribution is -0.123. The van der Waals surface area contributed by atoms with Gasteiger partial charge in [0.15, 0.2) is 0 Å². The molecule has 102 valence electrons. The standard InChI is InChI=1S/C13H26N2O.ClH/c1-3-5-12(14)13(16)15-11-8-6-10(4-2)7-9-11;/h10-12H,3-9,14H2,1-2H3,(H,15,16);1H. The topological polar surface area (TPSA) is 55.1 Å². The van der Waals surface area contributed by atoms with Crippen LogP contribution in [0.15, 0.2) is 0 Å². The number of halogens is 1. The van der Waals surface area contributed by atoms with Gasteiger partial charge in [-0.05, 0) is 38.0 Å². The first-order valence-electron chi connectivity index (χ1n) is 6.73. The Hall–Kier alpha value is -0.280. The number of nitrogens with two attached hydrogens (primary N) is 1. The molecule has 0 aromatic rings. The molecule has 0 radical (unpaired) electrons. The molecule has 0 bridgehead atoms. The van der Waals surface area contributed by atoms with E-state index in [1.807, 2.05) is 0 Å². The highest BCUT2D eigenvalue weighted by atomic mass is 35.5. The third-order valence-corrected chi connectivity index (χ3v) is 3.71. The number of nitrogens with one attached hydrogen (secondary N) is 1. The van der Waals surface area contributed by atoms with Crippen molar-refractivity contribution in [3.63, 3.8) is 0 Å². The Balaban J connectivity index is 0.00000256. The molecule has 1 atom stereocenters. The van der Waals surface area contributed by atoms with Gasteiger partial charge >= 0.3 is 0 Å². The molecule has 0 aliphatic heterocycles. The summed E-state index contributed by atoms with van der Waals surface area (Å²) in [7, 11) is 0. The van der Waals surface area contributed by atoms with Crippen LogP contribution in [-0.2, 0) is 4.79 Å². The van der Waals surface area contributed by atoms with E-state index in [0.29, 0.717) is 6.04 Å². The van der Waals surface area contributed by atoms with E-state index in [0.717, 1.165) is 31.6 Å². The molecular formula is C13H27ClN2O. The zero-order valence-electron chi connectivity index (χ0n) is 11.1. The van der Waals surface area contributed by atoms with E-state index in [-0.39, 0.29) is 24.4 Å². The van der Waals surface area contributed by atoms with Crippen molar-refractivity contribution < 1.29 is 4.79 Å². The quantitative estimate of drug-likeness (QED) is 0.800. The predicted octanol–water partition coefficient (Wildman–Crippen LogP) is 2.62. The third-order valence-electron chi connectivity index (χ3n) is 3.71. The molecule has 1 saturated carbocycles. The van der Waals surface area contributed by atoms with Crippen LogP contribution in [0, 0.1) is 5.92 Å². The van der Waals surface area contributed by atoms with Crippen LogP contribution in [0.25, 0.3) is 0 Å². The fourth-order valence-corrected chi connectivity index (χ4v) is 2.47. The molecule has 3 N–H and O–H groups in total. The molecule has 1 unspecified atom stereocenters. The van der Waals surface area contributed by atoms with Gasteiger partial charge in [-0.1, -0.05) is 26.7 Å². The minimum absolute atomic E-state index is 0. The van der Waals surface area contributed by atoms with Crippen molar-refractivity contribution in [2.24, 2.45) is 11.7 Å². The first kappa shape index (κ1) is 16.7. The van der Waals surface area contributed by atoms with Gasteiger partial charge in [0.25, 0.3) is 0 Å². The van der Waals surface area contributed by atoms with Crippen LogP contribution in [0.4, 0.5) is 0 Å². The van der Waals surface area contributed by atoms with Crippen LogP contribution in [-0.4, -0.2) is 18.0 Å². The fraction of sp³-hybridized carbons (Fsp3) is 0.923. The highest BCUT2D eigenvalue weighted by Crippen LogP contribution is 2.26. The van der Waals surface area contributed by atoms with Gasteiger partial charge in [-0.15, -0.1) is 12.4 Å². The lowest BCUT2D eigenvalue weighted by Gasteiger charge is -2.29. The van der Waals surface area contributed by atoms with Crippen molar-refractivity contribution >= 4 is 18.3 Å². The van der Waals surface area contributed by atoms with Crippen LogP contribution in [0.1, 0.15) is 58.8 Å². The van der Waals surface area contributed by atoms with E-state index in [4.69, 9.17) is 5.73 Å². The summed E-state index contributed by atoms with van der Waals surface area (Å²) in [5, 5.41) is 3.08. The SMILES string of the molecule is CCCC(N)C(=O)NC1CCC(CC)CC1.Cl. The number of hydrogen-bond acceptors (Lipinski definition) is 2. The van der Waals surface area contributed by atoms with Crippen LogP contribution in [0.3, 0.4) is 0 Å². The summed E-state index contributed by atoms with van der Waals surface area (Å²) < 4.78 is 0. The highest BCUT2D eigenvalue weighted by molar-refractivity contribution is 5.85. The molecule has 1 amide bonds. The van der Waals surface area contributed by atoms with E-state index < -0.39 is 0 Å². The van der Waals surface area contributed by atoms with Gasteiger partial charge in [0.2, 0.25) is 5.91 Å². The molecule has 3 nitrogen and oxygen atoms in total. The van der Waals surface area contributed by atoms with Crippen molar-refractivity contribution in [2.45, 2.75) is 70.9 Å². The second kappa shape index (κ2) is 8.76. The van der Waals surface area contributed by atoms with Gasteiger partial charge in [-0.25, -0.2) is 0 Å². The van der Waals surface area contributed by atoms with Crippen molar-refractivity contribution in [1.82, 2.24) is 5.32 Å². The molecule has 0 aromatic heterocycles. The first-order chi connectivity index (χ1) is 7.67. The van der Waals surface area contributed by atoms with Crippen molar-refractivity contribution in [3.05, 3.63) is 0 Å². The summed E-state index contributed by atoms with van der Waals surface area (Å²) >= 11 is 0. The Morgan fingerprint density at radius 2 is 1.88 bits per heavy atom. The molecule has 1 fully saturated rings. The maximum atomic E-state index is 11.7. The zero-order chi connectivity index (χ0) is 12.0. The zero-order valence-corrected chi connectivity index (χ0v) is 11.9. The second-order valence-corrected chi connectivity index (χ2v) is 5.03. The number of carbonyl (C=O) groups excluding carboxylic acids is 1. The Morgan fingerprint density at radius 3 is 2.35 bits per heavy atom. The number of hydrogen-bond donors (Lipinski definition) is 2. The second-order valence-electron chi connectivity index (χ2n) is 5.03. The van der Waals surface area contributed by atoms with E-state index >= 15 is 0 Å². The summed E-state index contributed by atoms with van der Waals surface area (Å²) in [6.45, 7) is 4.31. The number of rotatable bonds is 5. The fourth-order valence-electron chi connectivity index (χ4n) is 2.47. The summed E-state index contributed by atoms with van der Waals surface area (Å²) in [5.74, 6) is 0.916. The maximum Gasteiger partial charge on any atom is 0.237 e. The van der Waals surface area contributed by atoms with Gasteiger partial charge < -0.3 is 11.1 Å². The largest absolute Gasteiger partial charge is 0.352 e. The smallest absolute Gasteiger partial charge is 0.237 e. The normalized spacial score (nSPS) is 25.8. The van der Waals surface area contributed by atoms with Gasteiger partial charge in [-0.2, -0.15) is 0 Å². The number of amides is 1. The summed E-state index contributed by atoms with van der Waals surface area (Å²) in [6.07, 6.45) is 7.80. The molecule has 1 aliphatic carbocycles. The van der Waals surface area contributed by atoms with Crippen molar-refractivity contribution in [1.29, 1.82) is 0 Å². The molecular weight excluding hydrogens is 236 g/mol. The summed E-state index contributed by atoms with van der Waals surface area (Å²) in [4.78, 5) is 11.7. The van der Waals surface area contributed by atoms with Crippen molar-refractivity contribution in [2.75, 3.05) is 0 Å². The van der Waals surface area contributed by atoms with Gasteiger partial charge in [-0.3, -0.25) is 4.79 Å². The Kier molecular flexibility index (Phi) is 8.61. The van der Waals surface area contributed by atoms with E-state index in [1.165, 1.54) is 19.3 Å². The van der Waals surface area contributed by atoms with Crippen molar-refractivity contribution in [3.8, 4) is 0 Å². The summed E-state index contributed by atoms with van der Waals surface area (Å²) in [6, 6.07) is 0.0621. The lowest BCUT2D eigenvalue weighted by atomic mass is 9.84. The minimum atomic E-state index is -0.311. The Morgan fingerprint density at radius 1 is 1.29 bits per heavy atom. The molecule has 1 rings (SSSR count). The third kappa shape index (κ3) is 5.73. The van der Waals surface area contributed by atoms with Gasteiger partial charge in [0.05, 0.1) is 6.04 Å². The molecule has 1 aliphatic rings. The minimum Gasteiger partial charge on any atom is -0.352 e. The van der Waals surface area contributed by atoms with E-state index in [9.17, 15) is 4.79 Å². The Labute approximate surface area is 111 Å². The molecule has 0 spiro atoms. The average molecular weight is 263 g/mol. The number of carbonyl (C=O) groups is 1. The molecule has 0 heterocycles. The monoisotopic (exact) mass is 262 g/mol. The average Bonchev–Trinajstić information content (AvgIpc) is 2.30. The van der Waals surface area contributed by atoms with Crippen LogP contribution >= 0.6 is 12.4 Å². The first-order valence-corrected chi connectivity index (χ1v) is 6.73. The lowest BCUT2D eigenvalue weighted by Crippen LogP contribution is -2.46. The van der Waals surface area contributed by atoms with E-state index in [1.54, 1.807) is 0 Å². The molecule has 0 saturated heterocycles. The predicted molar refractivity (Wildman–Crippen MR) is 74.3 cm³/mol. The van der Waals surface area contributed by atoms with Crippen LogP contribution in [0.5, 0.6) is 0 Å². The van der Waals surface area contributed by atoms with Gasteiger partial charge in [0, 0.05) is 6.04 Å². The highest BCUT2D eigenvalue weighted by Gasteiger charge is 2.22. The molecule has 0 aromatic carbocycles. The van der Waals surface area contributed by atoms with Gasteiger partial charge in [0.1, 0.15) is 0 Å².